The van der Waals surface area contributed by atoms with Crippen LogP contribution in [-0.4, -0.2) is 5.78 Å². The first kappa shape index (κ1) is 9.76. The first-order valence-electron chi connectivity index (χ1n) is 5.02. The van der Waals surface area contributed by atoms with Crippen LogP contribution in [-0.2, 0) is 4.79 Å². The van der Waals surface area contributed by atoms with Crippen LogP contribution in [0.25, 0.3) is 0 Å². The monoisotopic (exact) mass is 168 g/mol. The van der Waals surface area contributed by atoms with Gasteiger partial charge in [-0.25, -0.2) is 0 Å². The second-order valence-electron chi connectivity index (χ2n) is 5.03. The van der Waals surface area contributed by atoms with Gasteiger partial charge in [0.05, 0.1) is 0 Å². The third-order valence-corrected chi connectivity index (χ3v) is 3.00. The van der Waals surface area contributed by atoms with Crippen LogP contribution in [0.3, 0.4) is 0 Å². The average Bonchev–Trinajstić information content (AvgIpc) is 2.11. The van der Waals surface area contributed by atoms with E-state index in [4.69, 9.17) is 0 Å². The fraction of sp³-hybridized carbons (Fsp3) is 0.909. The van der Waals surface area contributed by atoms with Gasteiger partial charge < -0.3 is 0 Å². The van der Waals surface area contributed by atoms with E-state index in [1.165, 1.54) is 6.42 Å². The van der Waals surface area contributed by atoms with Crippen LogP contribution in [0, 0.1) is 11.3 Å². The Labute approximate surface area is 75.5 Å². The van der Waals surface area contributed by atoms with Crippen molar-refractivity contribution in [2.24, 2.45) is 11.3 Å². The van der Waals surface area contributed by atoms with Gasteiger partial charge in [0.2, 0.25) is 0 Å². The second-order valence-corrected chi connectivity index (χ2v) is 5.03. The van der Waals surface area contributed by atoms with Crippen molar-refractivity contribution in [3.63, 3.8) is 0 Å². The number of hydrogen-bond acceptors (Lipinski definition) is 1. The lowest BCUT2D eigenvalue weighted by Crippen LogP contribution is -2.19. The Bertz CT molecular complexity index is 164. The molecule has 0 saturated heterocycles. The van der Waals surface area contributed by atoms with Crippen LogP contribution < -0.4 is 0 Å². The van der Waals surface area contributed by atoms with Crippen LogP contribution in [0.1, 0.15) is 52.9 Å². The molecule has 0 heterocycles. The van der Waals surface area contributed by atoms with Crippen LogP contribution in [0.2, 0.25) is 0 Å². The van der Waals surface area contributed by atoms with Crippen LogP contribution in [0.5, 0.6) is 0 Å². The fourth-order valence-corrected chi connectivity index (χ4v) is 2.02. The molecule has 0 radical (unpaired) electrons. The third kappa shape index (κ3) is 2.62. The lowest BCUT2D eigenvalue weighted by atomic mass is 9.76. The SMILES string of the molecule is CC(C)(C)C1CCCC(=O)CC1. The van der Waals surface area contributed by atoms with Crippen LogP contribution >= 0.6 is 0 Å². The molecule has 1 unspecified atom stereocenters. The zero-order valence-electron chi connectivity index (χ0n) is 8.52. The predicted octanol–water partition coefficient (Wildman–Crippen LogP) is 3.18. The number of carbonyl (C=O) groups is 1. The van der Waals surface area contributed by atoms with Crippen molar-refractivity contribution in [1.82, 2.24) is 0 Å². The van der Waals surface area contributed by atoms with Crippen LogP contribution in [0.4, 0.5) is 0 Å². The van der Waals surface area contributed by atoms with E-state index in [1.807, 2.05) is 0 Å². The minimum absolute atomic E-state index is 0.393. The van der Waals surface area contributed by atoms with E-state index in [1.54, 1.807) is 0 Å². The van der Waals surface area contributed by atoms with Crippen molar-refractivity contribution in [2.75, 3.05) is 0 Å². The number of rotatable bonds is 0. The van der Waals surface area contributed by atoms with Gasteiger partial charge in [-0.2, -0.15) is 0 Å². The van der Waals surface area contributed by atoms with Gasteiger partial charge in [0, 0.05) is 12.8 Å². The molecule has 70 valence electrons. The summed E-state index contributed by atoms with van der Waals surface area (Å²) in [5.74, 6) is 1.23. The fourth-order valence-electron chi connectivity index (χ4n) is 2.02. The average molecular weight is 168 g/mol. The molecule has 1 aliphatic rings. The lowest BCUT2D eigenvalue weighted by molar-refractivity contribution is -0.119. The summed E-state index contributed by atoms with van der Waals surface area (Å²) < 4.78 is 0. The normalized spacial score (nSPS) is 26.9. The molecule has 0 amide bonds. The first-order chi connectivity index (χ1) is 5.50. The van der Waals surface area contributed by atoms with Crippen molar-refractivity contribution < 1.29 is 4.79 Å². The predicted molar refractivity (Wildman–Crippen MR) is 51.0 cm³/mol. The molecule has 1 atom stereocenters. The van der Waals surface area contributed by atoms with Crippen molar-refractivity contribution in [3.05, 3.63) is 0 Å². The second kappa shape index (κ2) is 3.59. The van der Waals surface area contributed by atoms with Crippen molar-refractivity contribution >= 4 is 5.78 Å². The third-order valence-electron chi connectivity index (χ3n) is 3.00. The highest BCUT2D eigenvalue weighted by Gasteiger charge is 2.26. The standard InChI is InChI=1S/C11H20O/c1-11(2,3)9-5-4-6-10(12)8-7-9/h9H,4-8H2,1-3H3. The van der Waals surface area contributed by atoms with Crippen LogP contribution in [0.15, 0.2) is 0 Å². The highest BCUT2D eigenvalue weighted by molar-refractivity contribution is 5.78. The molecule has 0 aromatic rings. The van der Waals surface area contributed by atoms with Gasteiger partial charge in [-0.15, -0.1) is 0 Å². The Morgan fingerprint density at radius 2 is 1.83 bits per heavy atom. The molecule has 1 rings (SSSR count). The van der Waals surface area contributed by atoms with Gasteiger partial charge in [0.15, 0.2) is 0 Å². The quantitative estimate of drug-likeness (QED) is 0.508. The molecular formula is C11H20O. The minimum atomic E-state index is 0.393. The maximum absolute atomic E-state index is 11.2. The molecule has 1 aliphatic carbocycles. The Kier molecular flexibility index (Phi) is 2.92. The number of Topliss-reactive ketones (excluding diaryl/α,β-unsaturated/α-hetero) is 1. The Morgan fingerprint density at radius 3 is 2.42 bits per heavy atom. The van der Waals surface area contributed by atoms with E-state index >= 15 is 0 Å². The molecule has 0 bridgehead atoms. The lowest BCUT2D eigenvalue weighted by Gasteiger charge is -2.29. The summed E-state index contributed by atoms with van der Waals surface area (Å²) in [5, 5.41) is 0. The van der Waals surface area contributed by atoms with E-state index in [-0.39, 0.29) is 0 Å². The number of carbonyl (C=O) groups excluding carboxylic acids is 1. The van der Waals surface area contributed by atoms with Gasteiger partial charge in [-0.3, -0.25) is 4.79 Å². The maximum Gasteiger partial charge on any atom is 0.132 e. The van der Waals surface area contributed by atoms with Gasteiger partial charge in [0.1, 0.15) is 5.78 Å². The molecule has 0 aromatic heterocycles. The van der Waals surface area contributed by atoms with E-state index in [9.17, 15) is 4.79 Å². The zero-order chi connectivity index (χ0) is 9.19. The summed E-state index contributed by atoms with van der Waals surface area (Å²) in [6.45, 7) is 6.86. The van der Waals surface area contributed by atoms with E-state index < -0.39 is 0 Å². The summed E-state index contributed by atoms with van der Waals surface area (Å²) in [4.78, 5) is 11.2. The molecule has 0 spiro atoms. The van der Waals surface area contributed by atoms with Crippen molar-refractivity contribution in [2.45, 2.75) is 52.9 Å². The topological polar surface area (TPSA) is 17.1 Å². The van der Waals surface area contributed by atoms with Gasteiger partial charge >= 0.3 is 0 Å². The molecule has 1 heteroatoms. The molecule has 12 heavy (non-hydrogen) atoms. The summed E-state index contributed by atoms with van der Waals surface area (Å²) in [6, 6.07) is 0. The molecule has 1 fully saturated rings. The molecular weight excluding hydrogens is 148 g/mol. The van der Waals surface area contributed by atoms with E-state index in [0.29, 0.717) is 11.2 Å². The Hall–Kier alpha value is -0.330. The summed E-state index contributed by atoms with van der Waals surface area (Å²) in [5.41, 5.74) is 0.393. The first-order valence-corrected chi connectivity index (χ1v) is 5.02. The number of hydrogen-bond donors (Lipinski definition) is 0. The summed E-state index contributed by atoms with van der Waals surface area (Å²) >= 11 is 0. The van der Waals surface area contributed by atoms with Gasteiger partial charge in [-0.1, -0.05) is 20.8 Å². The number of ketones is 1. The van der Waals surface area contributed by atoms with Crippen molar-refractivity contribution in [3.8, 4) is 0 Å². The smallest absolute Gasteiger partial charge is 0.132 e. The van der Waals surface area contributed by atoms with Gasteiger partial charge in [-0.05, 0) is 30.6 Å². The molecule has 0 N–H and O–H groups in total. The summed E-state index contributed by atoms with van der Waals surface area (Å²) in [7, 11) is 0. The zero-order valence-corrected chi connectivity index (χ0v) is 8.52. The molecule has 1 nitrogen and oxygen atoms in total. The van der Waals surface area contributed by atoms with Crippen molar-refractivity contribution in [1.29, 1.82) is 0 Å². The van der Waals surface area contributed by atoms with Gasteiger partial charge in [0.25, 0.3) is 0 Å². The minimum Gasteiger partial charge on any atom is -0.300 e. The van der Waals surface area contributed by atoms with E-state index in [2.05, 4.69) is 20.8 Å². The molecule has 0 aromatic carbocycles. The highest BCUT2D eigenvalue weighted by atomic mass is 16.1. The largest absolute Gasteiger partial charge is 0.300 e. The molecule has 1 saturated carbocycles. The molecule has 0 aliphatic heterocycles. The summed E-state index contributed by atoms with van der Waals surface area (Å²) in [6.07, 6.45) is 5.12. The van der Waals surface area contributed by atoms with E-state index in [0.717, 1.165) is 31.6 Å². The highest BCUT2D eigenvalue weighted by Crippen LogP contribution is 2.35. The maximum atomic E-state index is 11.2. The Balaban J connectivity index is 2.52. The Morgan fingerprint density at radius 1 is 1.17 bits per heavy atom.